The van der Waals surface area contributed by atoms with E-state index in [1.165, 1.54) is 26.4 Å². The lowest BCUT2D eigenvalue weighted by atomic mass is 9.93. The number of aromatic nitrogens is 2. The molecule has 0 saturated carbocycles. The van der Waals surface area contributed by atoms with Crippen molar-refractivity contribution in [1.82, 2.24) is 63.2 Å². The first-order valence-electron chi connectivity index (χ1n) is 27.9. The molecule has 0 saturated heterocycles. The third kappa shape index (κ3) is 30.4. The number of guanidine groups is 1. The van der Waals surface area contributed by atoms with Crippen molar-refractivity contribution in [3.8, 4) is 0 Å². The van der Waals surface area contributed by atoms with Crippen LogP contribution >= 0.6 is 0 Å². The summed E-state index contributed by atoms with van der Waals surface area (Å²) in [6.07, 6.45) is 0.982. The van der Waals surface area contributed by atoms with E-state index in [2.05, 4.69) is 63.2 Å². The Morgan fingerprint density at radius 1 is 0.595 bits per heavy atom. The van der Waals surface area contributed by atoms with Gasteiger partial charge in [-0.15, -0.1) is 0 Å². The highest BCUT2D eigenvalue weighted by atomic mass is 16.4. The Bertz CT molecular complexity index is 2370. The fourth-order valence-electron chi connectivity index (χ4n) is 8.35. The lowest BCUT2D eigenvalue weighted by molar-refractivity contribution is -0.140. The van der Waals surface area contributed by atoms with Gasteiger partial charge < -0.3 is 85.0 Å². The molecule has 32 nitrogen and oxygen atoms in total. The van der Waals surface area contributed by atoms with Gasteiger partial charge in [-0.1, -0.05) is 40.5 Å². The monoisotopic (exact) mass is 1190 g/mol. The summed E-state index contributed by atoms with van der Waals surface area (Å²) in [6.45, 7) is 10.2. The molecule has 32 heteroatoms. The largest absolute Gasteiger partial charge is 0.481 e. The molecule has 0 aliphatic rings. The van der Waals surface area contributed by atoms with Crippen LogP contribution < -0.4 is 76.3 Å². The molecule has 472 valence electrons. The van der Waals surface area contributed by atoms with Crippen molar-refractivity contribution in [3.63, 3.8) is 0 Å². The SMILES string of the molecule is CC(C)C[C@H](NN)C(=O)NC(CC(N)=O)C(=O)N[C@@H](Cc1cnc[nH]1)C(=O)C(=O)[C@H](CC(C)C)NCCCCCCC(=O)N[C@H](C(=O)NC(CCC(=O)O)C(=O)N[C@@H](CCCNC(=N)N)C(=O)NC(CCC(N)=O)C(=O)N[C@@H](C)C=O)[C@@H](C)O. The van der Waals surface area contributed by atoms with E-state index in [1.54, 1.807) is 0 Å². The van der Waals surface area contributed by atoms with E-state index in [-0.39, 0.29) is 82.7 Å². The third-order valence-corrected chi connectivity index (χ3v) is 12.7. The Balaban J connectivity index is 3.10. The number of hydrogen-bond acceptors (Lipinski definition) is 19. The van der Waals surface area contributed by atoms with Gasteiger partial charge in [0.25, 0.3) is 0 Å². The van der Waals surface area contributed by atoms with Gasteiger partial charge in [0.1, 0.15) is 42.5 Å². The lowest BCUT2D eigenvalue weighted by Gasteiger charge is -2.27. The Hall–Kier alpha value is -7.97. The van der Waals surface area contributed by atoms with Crippen LogP contribution in [-0.2, 0) is 68.7 Å². The summed E-state index contributed by atoms with van der Waals surface area (Å²) in [5.41, 5.74) is 18.8. The molecule has 1 heterocycles. The number of carbonyl (C=O) groups is 13. The molecule has 9 amide bonds. The number of nitrogens with two attached hydrogens (primary N) is 4. The van der Waals surface area contributed by atoms with Crippen LogP contribution in [0.4, 0.5) is 0 Å². The Morgan fingerprint density at radius 2 is 1.11 bits per heavy atom. The van der Waals surface area contributed by atoms with Crippen LogP contribution in [0.25, 0.3) is 0 Å². The summed E-state index contributed by atoms with van der Waals surface area (Å²) in [4.78, 5) is 175. The molecule has 1 aromatic heterocycles. The molecule has 0 aromatic carbocycles. The molecule has 1 rings (SSSR count). The van der Waals surface area contributed by atoms with Crippen LogP contribution in [0.2, 0.25) is 0 Å². The Kier molecular flexibility index (Phi) is 34.8. The fraction of sp³-hybridized carbons (Fsp3) is 0.673. The second-order valence-corrected chi connectivity index (χ2v) is 21.3. The molecule has 0 bridgehead atoms. The van der Waals surface area contributed by atoms with Gasteiger partial charge in [0.2, 0.25) is 64.7 Å². The molecule has 0 spiro atoms. The summed E-state index contributed by atoms with van der Waals surface area (Å²) in [5, 5.41) is 50.1. The zero-order valence-corrected chi connectivity index (χ0v) is 48.6. The maximum absolute atomic E-state index is 14.0. The van der Waals surface area contributed by atoms with Gasteiger partial charge in [0.15, 0.2) is 5.96 Å². The van der Waals surface area contributed by atoms with Gasteiger partial charge >= 0.3 is 5.97 Å². The normalized spacial score (nSPS) is 14.7. The fourth-order valence-corrected chi connectivity index (χ4v) is 8.35. The van der Waals surface area contributed by atoms with Crippen LogP contribution in [0.15, 0.2) is 12.5 Å². The van der Waals surface area contributed by atoms with Crippen LogP contribution in [0, 0.1) is 17.2 Å². The van der Waals surface area contributed by atoms with Crippen molar-refractivity contribution in [2.75, 3.05) is 13.1 Å². The van der Waals surface area contributed by atoms with Gasteiger partial charge in [0.05, 0.1) is 37.0 Å². The number of aliphatic hydroxyl groups excluding tert-OH is 1. The maximum Gasteiger partial charge on any atom is 0.303 e. The number of unbranched alkanes of at least 4 members (excludes halogenated alkanes) is 3. The molecule has 10 atom stereocenters. The predicted octanol–water partition coefficient (Wildman–Crippen LogP) is -4.81. The Labute approximate surface area is 487 Å². The zero-order valence-electron chi connectivity index (χ0n) is 48.6. The summed E-state index contributed by atoms with van der Waals surface area (Å²) >= 11 is 0. The summed E-state index contributed by atoms with van der Waals surface area (Å²) in [7, 11) is 0. The average Bonchev–Trinajstić information content (AvgIpc) is 4.03. The number of primary amides is 2. The second kappa shape index (κ2) is 39.5. The first-order valence-corrected chi connectivity index (χ1v) is 27.9. The number of H-pyrrole nitrogens is 1. The molecule has 84 heavy (non-hydrogen) atoms. The number of rotatable bonds is 45. The number of carboxylic acid groups (broad SMARTS) is 1. The molecule has 0 aliphatic heterocycles. The number of aliphatic carboxylic acids is 1. The van der Waals surface area contributed by atoms with Crippen molar-refractivity contribution in [3.05, 3.63) is 18.2 Å². The predicted molar refractivity (Wildman–Crippen MR) is 302 cm³/mol. The molecule has 3 unspecified atom stereocenters. The third-order valence-electron chi connectivity index (χ3n) is 12.7. The molecule has 0 aliphatic carbocycles. The zero-order chi connectivity index (χ0) is 63.6. The number of Topliss-reactive ketones (excluding diaryl/α,β-unsaturated/α-hetero) is 2. The van der Waals surface area contributed by atoms with E-state index in [0.29, 0.717) is 31.2 Å². The number of hydrogen-bond donors (Lipinski definition) is 18. The van der Waals surface area contributed by atoms with E-state index in [9.17, 15) is 72.5 Å². The number of ketones is 2. The molecular weight excluding hydrogens is 1100 g/mol. The van der Waals surface area contributed by atoms with Crippen molar-refractivity contribution in [2.45, 2.75) is 198 Å². The average molecular weight is 1190 g/mol. The number of nitrogens with one attached hydrogen (secondary N) is 12. The minimum absolute atomic E-state index is 0.0226. The minimum Gasteiger partial charge on any atom is -0.481 e. The van der Waals surface area contributed by atoms with E-state index >= 15 is 0 Å². The summed E-state index contributed by atoms with van der Waals surface area (Å²) in [6, 6.07) is -12.1. The minimum atomic E-state index is -1.67. The Morgan fingerprint density at radius 3 is 1.63 bits per heavy atom. The first kappa shape index (κ1) is 74.0. The highest BCUT2D eigenvalue weighted by Gasteiger charge is 2.37. The van der Waals surface area contributed by atoms with Gasteiger partial charge in [0, 0.05) is 44.1 Å². The number of aldehydes is 1. The molecule has 1 aromatic rings. The lowest BCUT2D eigenvalue weighted by Crippen LogP contribution is -2.59. The van der Waals surface area contributed by atoms with E-state index in [4.69, 9.17) is 28.5 Å². The second-order valence-electron chi connectivity index (χ2n) is 21.3. The van der Waals surface area contributed by atoms with Gasteiger partial charge in [-0.05, 0) is 83.6 Å². The topological polar surface area (TPSA) is 539 Å². The number of carbonyl (C=O) groups excluding carboxylic acids is 12. The molecular formula is C52H89N17O15. The number of aliphatic hydroxyl groups is 1. The highest BCUT2D eigenvalue weighted by molar-refractivity contribution is 6.41. The van der Waals surface area contributed by atoms with Gasteiger partial charge in [-0.3, -0.25) is 68.8 Å². The van der Waals surface area contributed by atoms with Gasteiger partial charge in [-0.25, -0.2) is 10.4 Å². The van der Waals surface area contributed by atoms with Crippen LogP contribution in [0.1, 0.15) is 137 Å². The molecule has 0 fully saturated rings. The van der Waals surface area contributed by atoms with E-state index in [1.807, 2.05) is 27.7 Å². The van der Waals surface area contributed by atoms with Crippen LogP contribution in [0.3, 0.4) is 0 Å². The first-order chi connectivity index (χ1) is 39.5. The van der Waals surface area contributed by atoms with Crippen molar-refractivity contribution < 1.29 is 72.5 Å². The van der Waals surface area contributed by atoms with Crippen molar-refractivity contribution in [2.24, 2.45) is 34.9 Å². The molecule has 22 N–H and O–H groups in total. The number of aromatic amines is 1. The maximum atomic E-state index is 14.0. The number of carboxylic acids is 1. The van der Waals surface area contributed by atoms with E-state index in [0.717, 1.165) is 0 Å². The smallest absolute Gasteiger partial charge is 0.303 e. The summed E-state index contributed by atoms with van der Waals surface area (Å²) in [5.74, 6) is -6.05. The van der Waals surface area contributed by atoms with Crippen LogP contribution in [-0.4, -0.2) is 177 Å². The number of imidazole rings is 1. The molecule has 0 radical (unpaired) electrons. The number of nitrogens with zero attached hydrogens (tertiary/aromatic N) is 1. The number of hydrazine groups is 1. The highest BCUT2D eigenvalue weighted by Crippen LogP contribution is 2.13. The van der Waals surface area contributed by atoms with Crippen LogP contribution in [0.5, 0.6) is 0 Å². The quantitative estimate of drug-likeness (QED) is 0.00554. The standard InChI is InChI=1S/C52H89N17O15/c1-27(2)20-35(44(77)45(78)36(22-31-24-58-26-61-31)66-49(82)37(23-40(54)73)67-50(83)38(69-57)21-28(3)4)59-18-10-8-7-9-13-41(74)68-43(30(6)71)51(84)65-34(15-17-42(75)76)48(81)63-32(12-11-19-60-52(55)56)47(80)64-33(14-16-39(53)72)46(79)62-29(5)25-70/h24-30,32-38,43,59,69,71H,7-23,57H2,1-6H3,(H2,53,72)(H2,54,73)(H,58,61)(H,62,79)(H,63,81)(H,64,80)(H,65,84)(H,66,82)(H,67,83)(H,68,74)(H,75,76)(H4,55,56,60)/t29-,30+,32-,33?,34?,35-,36-,37?,38-,43-/m0/s1. The number of amides is 9. The van der Waals surface area contributed by atoms with Crippen molar-refractivity contribution >= 4 is 82.9 Å². The van der Waals surface area contributed by atoms with Gasteiger partial charge in [-0.2, -0.15) is 0 Å². The summed E-state index contributed by atoms with van der Waals surface area (Å²) < 4.78 is 0. The van der Waals surface area contributed by atoms with Crippen molar-refractivity contribution in [1.29, 1.82) is 5.41 Å². The van der Waals surface area contributed by atoms with E-state index < -0.39 is 156 Å².